The van der Waals surface area contributed by atoms with E-state index >= 15 is 0 Å². The van der Waals surface area contributed by atoms with Gasteiger partial charge >= 0.3 is 0 Å². The van der Waals surface area contributed by atoms with E-state index in [1.165, 1.54) is 50.8 Å². The smallest absolute Gasteiger partial charge is 0.270 e. The fraction of sp³-hybridized carbons (Fsp3) is 0.409. The van der Waals surface area contributed by atoms with E-state index in [4.69, 9.17) is 16.2 Å². The van der Waals surface area contributed by atoms with Gasteiger partial charge in [0.2, 0.25) is 0 Å². The first-order chi connectivity index (χ1) is 64.3. The molecule has 2 fully saturated rings. The van der Waals surface area contributed by atoms with Crippen LogP contribution in [0, 0.1) is 6.92 Å². The first kappa shape index (κ1) is 105. The molecule has 1 saturated heterocycles. The molecule has 0 radical (unpaired) electrons. The van der Waals surface area contributed by atoms with Crippen LogP contribution in [0.2, 0.25) is 0 Å². The van der Waals surface area contributed by atoms with Gasteiger partial charge in [-0.1, -0.05) is 215 Å². The molecule has 16 aromatic rings. The maximum atomic E-state index is 12.5. The summed E-state index contributed by atoms with van der Waals surface area (Å²) in [5.41, 5.74) is 34.7. The number of nitrogens with two attached hydrogens (primary N) is 2. The maximum Gasteiger partial charge on any atom is 0.270 e. The van der Waals surface area contributed by atoms with Crippen molar-refractivity contribution in [2.45, 2.75) is 256 Å². The number of ether oxygens (including phenoxy) is 1. The summed E-state index contributed by atoms with van der Waals surface area (Å²) in [5.74, 6) is -0.431. The number of nitrogens with zero attached hydrogens (tertiary/aromatic N) is 17. The minimum Gasteiger partial charge on any atom is -0.397 e. The summed E-state index contributed by atoms with van der Waals surface area (Å²) in [5, 5.41) is 10.2. The predicted octanol–water partition coefficient (Wildman–Crippen LogP) is 20.2. The van der Waals surface area contributed by atoms with E-state index in [0.717, 1.165) is 102 Å². The molecule has 0 atom stereocenters. The molecule has 1 aromatic carbocycles. The Morgan fingerprint density at radius 2 is 0.739 bits per heavy atom. The van der Waals surface area contributed by atoms with E-state index in [-0.39, 0.29) is 72.5 Å². The van der Waals surface area contributed by atoms with Gasteiger partial charge in [0, 0.05) is 101 Å². The Labute approximate surface area is 811 Å². The van der Waals surface area contributed by atoms with Gasteiger partial charge in [0.05, 0.1) is 84.4 Å². The normalized spacial score (nSPS) is 13.3. The molecule has 28 nitrogen and oxygen atoms in total. The highest BCUT2D eigenvalue weighted by Crippen LogP contribution is 2.32. The van der Waals surface area contributed by atoms with Crippen LogP contribution in [0.4, 0.5) is 0 Å². The lowest BCUT2D eigenvalue weighted by molar-refractivity contribution is 0.0383. The molecule has 1 saturated carbocycles. The number of rotatable bonds is 11. The fourth-order valence-corrected chi connectivity index (χ4v) is 14.8. The van der Waals surface area contributed by atoms with Gasteiger partial charge in [0.25, 0.3) is 17.7 Å². The average molecular weight is 1870 g/mol. The Balaban J connectivity index is 0.000000152. The third-order valence-electron chi connectivity index (χ3n) is 24.1. The maximum absolute atomic E-state index is 12.5. The number of morpholine rings is 1. The highest BCUT2D eigenvalue weighted by Gasteiger charge is 2.28. The zero-order valence-electron chi connectivity index (χ0n) is 86.0. The number of benzene rings is 1. The molecule has 1 aliphatic heterocycles. The first-order valence-corrected chi connectivity index (χ1v) is 47.1. The number of aromatic nitrogens is 16. The molecule has 18 rings (SSSR count). The van der Waals surface area contributed by atoms with E-state index in [9.17, 15) is 28.8 Å². The van der Waals surface area contributed by atoms with Gasteiger partial charge in [-0.15, -0.1) is 0 Å². The number of amides is 3. The van der Waals surface area contributed by atoms with Crippen molar-refractivity contribution in [2.75, 3.05) is 39.4 Å². The van der Waals surface area contributed by atoms with Crippen LogP contribution in [0.1, 0.15) is 318 Å². The molecule has 15 aromatic heterocycles. The summed E-state index contributed by atoms with van der Waals surface area (Å²) in [6.45, 7) is 67.2. The van der Waals surface area contributed by atoms with Gasteiger partial charge in [-0.3, -0.25) is 60.7 Å². The van der Waals surface area contributed by atoms with E-state index in [1.807, 2.05) is 116 Å². The largest absolute Gasteiger partial charge is 0.397 e. The van der Waals surface area contributed by atoms with Crippen LogP contribution in [-0.4, -0.2) is 161 Å². The van der Waals surface area contributed by atoms with Crippen LogP contribution >= 0.6 is 0 Å². The van der Waals surface area contributed by atoms with Crippen molar-refractivity contribution in [2.24, 2.45) is 11.5 Å². The Hall–Kier alpha value is -13.7. The number of aryl methyl sites for hydroxylation is 1. The summed E-state index contributed by atoms with van der Waals surface area (Å²) in [4.78, 5) is 107. The van der Waals surface area contributed by atoms with Gasteiger partial charge in [-0.25, -0.2) is 39.4 Å². The summed E-state index contributed by atoms with van der Waals surface area (Å²) in [7, 11) is 0. The Morgan fingerprint density at radius 1 is 0.391 bits per heavy atom. The van der Waals surface area contributed by atoms with Gasteiger partial charge in [0.1, 0.15) is 68.0 Å². The molecular weight excluding hydrogens is 1730 g/mol. The van der Waals surface area contributed by atoms with Gasteiger partial charge in [0.15, 0.2) is 17.3 Å². The number of imidazole rings is 6. The van der Waals surface area contributed by atoms with Crippen LogP contribution < -0.4 is 22.1 Å². The first-order valence-electron chi connectivity index (χ1n) is 47.1. The number of ketones is 3. The second kappa shape index (κ2) is 42.1. The van der Waals surface area contributed by atoms with Crippen molar-refractivity contribution in [3.63, 3.8) is 0 Å². The molecule has 1 aliphatic carbocycles. The van der Waals surface area contributed by atoms with Gasteiger partial charge in [-0.2, -0.15) is 5.10 Å². The van der Waals surface area contributed by atoms with Crippen LogP contribution in [0.25, 0.3) is 56.1 Å². The molecule has 16 heterocycles. The van der Waals surface area contributed by atoms with Crippen LogP contribution in [-0.2, 0) is 48.1 Å². The Morgan fingerprint density at radius 3 is 1.12 bits per heavy atom. The number of pyridine rings is 7. The number of nitrogens with one attached hydrogen (secondary N) is 2. The van der Waals surface area contributed by atoms with Crippen LogP contribution in [0.5, 0.6) is 0 Å². The number of primary amides is 1. The van der Waals surface area contributed by atoms with Crippen molar-refractivity contribution >= 4 is 91.2 Å². The lowest BCUT2D eigenvalue weighted by Gasteiger charge is -2.26. The number of fused-ring (bicyclic) bond motifs is 8. The number of hydrogen-bond donors (Lipinski definition) is 4. The van der Waals surface area contributed by atoms with E-state index in [1.54, 1.807) is 66.9 Å². The SMILES string of the molecule is C=C(N)c1cnc2ccc(C(C)(C)C)cc2n1.CC(=O)c1cnc2ccc(C(C)(C)C)cn12.CC(=O)c1cnc2ccc(C(C)(C)C)cn12.CC(=O)c1cnn2ccc(C(C)(C)C)cc12.CC(C)(C)c1ccc2ncc(C(=O)NC3CC3)n2c1.CC(C)(C)c1ccc2ncc(C(=O)NCCN3CCOCC3)n2c1.CC(C)(C)c1ccc2ncc(C(N)=O)n2c1.Cc1cnc2ccc(C(C)(C)C)cn12. The molecular formula is C110H141N21O7. The molecule has 728 valence electrons. The second-order valence-electron chi connectivity index (χ2n) is 43.8. The third kappa shape index (κ3) is 26.7. The lowest BCUT2D eigenvalue weighted by atomic mass is 9.87. The summed E-state index contributed by atoms with van der Waals surface area (Å²) >= 11 is 0. The monoisotopic (exact) mass is 1870 g/mol. The van der Waals surface area contributed by atoms with E-state index < -0.39 is 5.91 Å². The Kier molecular flexibility index (Phi) is 31.9. The lowest BCUT2D eigenvalue weighted by Crippen LogP contribution is -2.41. The molecule has 28 heteroatoms. The van der Waals surface area contributed by atoms with Crippen molar-refractivity contribution in [3.8, 4) is 0 Å². The highest BCUT2D eigenvalue weighted by molar-refractivity contribution is 6.01. The minimum absolute atomic E-state index is 0.0268. The molecule has 0 bridgehead atoms. The Bertz CT molecular complexity index is 6690. The molecule has 138 heavy (non-hydrogen) atoms. The number of carbonyl (C=O) groups is 6. The van der Waals surface area contributed by atoms with E-state index in [0.29, 0.717) is 58.0 Å². The van der Waals surface area contributed by atoms with Crippen molar-refractivity contribution in [1.29, 1.82) is 0 Å². The fourth-order valence-electron chi connectivity index (χ4n) is 14.8. The summed E-state index contributed by atoms with van der Waals surface area (Å²) < 4.78 is 18.4. The molecule has 6 N–H and O–H groups in total. The minimum atomic E-state index is -0.460. The summed E-state index contributed by atoms with van der Waals surface area (Å²) in [6, 6.07) is 34.9. The molecule has 0 spiro atoms. The van der Waals surface area contributed by atoms with Crippen LogP contribution in [0.3, 0.4) is 0 Å². The number of Topliss-reactive ketones (excluding diaryl/α,β-unsaturated/α-hetero) is 3. The second-order valence-corrected chi connectivity index (χ2v) is 43.8. The zero-order chi connectivity index (χ0) is 101. The number of carbonyl (C=O) groups excluding carboxylic acids is 6. The van der Waals surface area contributed by atoms with Crippen LogP contribution in [0.15, 0.2) is 203 Å². The average Bonchev–Trinajstić information content (AvgIpc) is 1.59. The van der Waals surface area contributed by atoms with E-state index in [2.05, 4.69) is 299 Å². The van der Waals surface area contributed by atoms with Crippen molar-refractivity contribution < 1.29 is 33.5 Å². The number of hydrogen-bond acceptors (Lipinski definition) is 18. The van der Waals surface area contributed by atoms with Crippen molar-refractivity contribution in [1.82, 2.24) is 91.4 Å². The molecule has 2 aliphatic rings. The van der Waals surface area contributed by atoms with Gasteiger partial charge in [-0.05, 0) is 175 Å². The zero-order valence-corrected chi connectivity index (χ0v) is 86.0. The van der Waals surface area contributed by atoms with Crippen molar-refractivity contribution in [3.05, 3.63) is 293 Å². The topological polar surface area (TPSA) is 338 Å². The van der Waals surface area contributed by atoms with Gasteiger partial charge < -0.3 is 31.2 Å². The highest BCUT2D eigenvalue weighted by atomic mass is 16.5. The molecule has 0 unspecified atom stereocenters. The molecule has 3 amide bonds. The summed E-state index contributed by atoms with van der Waals surface area (Å²) in [6.07, 6.45) is 29.5. The quantitative estimate of drug-likeness (QED) is 0.0874. The third-order valence-corrected chi connectivity index (χ3v) is 24.1. The predicted molar refractivity (Wildman–Crippen MR) is 552 cm³/mol. The standard InChI is InChI=1S/C18H26N4O2.C15H19N3O.C14H17N3.3C13H16N2O.C12H15N3O.C12H16N2/c1-18(2,3)14-4-5-16-20-12-15(22(16)13-14)17(23)19-6-7-21-8-10-24-11-9-21;1-15(2,3)10-4-7-13-16-8-12(18(13)9-10)14(19)17-11-5-6-11;1-9(15)13-8-16-11-6-5-10(14(2,3)4)7-12(11)17-13;2*1-9(16)11-7-14-12-6-5-10(8-15(11)12)13(2,3)4;1-9(16)11-8-14-15-6-5-10(7-12(11)15)13(2,3)4;1-12(2,3)8-4-5-10-14-6-9(11(13)16)15(10)7-8;1-9-7-13-11-6-5-10(8-14(9)11)12(2,3)4/h4-5,12-13H,6-11H2,1-3H3,(H,19,23);4,7-9,11H,5-6H2,1-3H3,(H,17,19);5-8H,1,15H2,2-4H3;3*5-8H,1-4H3;4-7H,1-3H3,(H2,13,16);5-8H,1-4H3.